The summed E-state index contributed by atoms with van der Waals surface area (Å²) in [5, 5.41) is 0. The standard InChI is InChI=1S/C19H27NO2/c1-4-6-7-8-14-22-19-15(5-2)10-9-11-16-12-13-17(21)20(3)18(16)19/h9,11-13H,4-8,10,14H2,1-3H3. The summed E-state index contributed by atoms with van der Waals surface area (Å²) in [6.45, 7) is 5.08. The molecule has 1 heterocycles. The van der Waals surface area contributed by atoms with E-state index >= 15 is 0 Å². The lowest BCUT2D eigenvalue weighted by Gasteiger charge is -2.18. The fourth-order valence-electron chi connectivity index (χ4n) is 2.84. The van der Waals surface area contributed by atoms with E-state index in [1.54, 1.807) is 10.6 Å². The molecular weight excluding hydrogens is 274 g/mol. The molecule has 0 bridgehead atoms. The molecule has 0 saturated heterocycles. The maximum atomic E-state index is 12.0. The summed E-state index contributed by atoms with van der Waals surface area (Å²) in [4.78, 5) is 12.0. The SMILES string of the molecule is CCCCCCOC1=C(CC)CC=Cc2ccc(=O)n(C)c21. The predicted molar refractivity (Wildman–Crippen MR) is 92.6 cm³/mol. The highest BCUT2D eigenvalue weighted by Gasteiger charge is 2.18. The van der Waals surface area contributed by atoms with Crippen molar-refractivity contribution in [2.24, 2.45) is 7.05 Å². The molecule has 0 spiro atoms. The van der Waals surface area contributed by atoms with E-state index in [-0.39, 0.29) is 5.56 Å². The van der Waals surface area contributed by atoms with Crippen molar-refractivity contribution in [1.82, 2.24) is 4.57 Å². The van der Waals surface area contributed by atoms with E-state index in [2.05, 4.69) is 26.0 Å². The summed E-state index contributed by atoms with van der Waals surface area (Å²) >= 11 is 0. The van der Waals surface area contributed by atoms with E-state index < -0.39 is 0 Å². The van der Waals surface area contributed by atoms with Gasteiger partial charge >= 0.3 is 0 Å². The Kier molecular flexibility index (Phi) is 6.05. The lowest BCUT2D eigenvalue weighted by molar-refractivity contribution is 0.261. The molecule has 1 aromatic heterocycles. The van der Waals surface area contributed by atoms with Crippen molar-refractivity contribution in [3.63, 3.8) is 0 Å². The van der Waals surface area contributed by atoms with E-state index in [1.165, 1.54) is 24.8 Å². The molecule has 1 aliphatic carbocycles. The van der Waals surface area contributed by atoms with Crippen LogP contribution < -0.4 is 5.56 Å². The molecule has 0 aliphatic heterocycles. The molecule has 0 N–H and O–H groups in total. The van der Waals surface area contributed by atoms with Crippen LogP contribution in [0.2, 0.25) is 0 Å². The molecule has 2 rings (SSSR count). The van der Waals surface area contributed by atoms with Crippen LogP contribution in [0.4, 0.5) is 0 Å². The molecule has 0 amide bonds. The minimum Gasteiger partial charge on any atom is -0.491 e. The van der Waals surface area contributed by atoms with Gasteiger partial charge in [-0.3, -0.25) is 4.79 Å². The number of aromatic nitrogens is 1. The van der Waals surface area contributed by atoms with E-state index in [1.807, 2.05) is 13.1 Å². The average Bonchev–Trinajstić information content (AvgIpc) is 2.70. The van der Waals surface area contributed by atoms with Gasteiger partial charge in [0.25, 0.3) is 5.56 Å². The number of pyridine rings is 1. The molecule has 120 valence electrons. The maximum absolute atomic E-state index is 12.0. The Labute approximate surface area is 133 Å². The first kappa shape index (κ1) is 16.6. The van der Waals surface area contributed by atoms with Crippen molar-refractivity contribution >= 4 is 11.8 Å². The first-order valence-corrected chi connectivity index (χ1v) is 8.40. The minimum atomic E-state index is 0.0107. The Morgan fingerprint density at radius 3 is 2.73 bits per heavy atom. The summed E-state index contributed by atoms with van der Waals surface area (Å²) in [5.74, 6) is 0.916. The molecule has 3 heteroatoms. The van der Waals surface area contributed by atoms with Crippen molar-refractivity contribution in [1.29, 1.82) is 0 Å². The highest BCUT2D eigenvalue weighted by Crippen LogP contribution is 2.30. The molecule has 3 nitrogen and oxygen atoms in total. The van der Waals surface area contributed by atoms with Gasteiger partial charge in [-0.05, 0) is 30.9 Å². The summed E-state index contributed by atoms with van der Waals surface area (Å²) in [7, 11) is 1.83. The van der Waals surface area contributed by atoms with Crippen molar-refractivity contribution in [2.45, 2.75) is 52.4 Å². The predicted octanol–water partition coefficient (Wildman–Crippen LogP) is 4.52. The van der Waals surface area contributed by atoms with Crippen LogP contribution in [0.15, 0.2) is 28.6 Å². The van der Waals surface area contributed by atoms with Crippen LogP contribution in [0.1, 0.15) is 63.6 Å². The molecule has 0 unspecified atom stereocenters. The van der Waals surface area contributed by atoms with E-state index in [0.717, 1.165) is 42.9 Å². The number of ether oxygens (including phenoxy) is 1. The molecule has 0 radical (unpaired) electrons. The Morgan fingerprint density at radius 2 is 2.00 bits per heavy atom. The van der Waals surface area contributed by atoms with Crippen LogP contribution in [0, 0.1) is 0 Å². The number of nitrogens with zero attached hydrogens (tertiary/aromatic N) is 1. The zero-order chi connectivity index (χ0) is 15.9. The van der Waals surface area contributed by atoms with E-state index in [4.69, 9.17) is 4.74 Å². The van der Waals surface area contributed by atoms with E-state index in [0.29, 0.717) is 0 Å². The monoisotopic (exact) mass is 301 g/mol. The highest BCUT2D eigenvalue weighted by molar-refractivity contribution is 5.72. The van der Waals surface area contributed by atoms with Crippen LogP contribution in [0.3, 0.4) is 0 Å². The molecule has 1 aromatic rings. The number of fused-ring (bicyclic) bond motifs is 1. The fraction of sp³-hybridized carbons (Fsp3) is 0.526. The van der Waals surface area contributed by atoms with Gasteiger partial charge in [-0.15, -0.1) is 0 Å². The molecule has 1 aliphatic rings. The van der Waals surface area contributed by atoms with Gasteiger partial charge in [0.15, 0.2) is 0 Å². The average molecular weight is 301 g/mol. The van der Waals surface area contributed by atoms with E-state index in [9.17, 15) is 4.79 Å². The third kappa shape index (κ3) is 3.70. The van der Waals surface area contributed by atoms with Gasteiger partial charge in [-0.2, -0.15) is 0 Å². The first-order valence-electron chi connectivity index (χ1n) is 8.40. The van der Waals surface area contributed by atoms with Crippen molar-refractivity contribution in [3.8, 4) is 0 Å². The number of hydrogen-bond acceptors (Lipinski definition) is 2. The Morgan fingerprint density at radius 1 is 1.18 bits per heavy atom. The fourth-order valence-corrected chi connectivity index (χ4v) is 2.84. The summed E-state index contributed by atoms with van der Waals surface area (Å²) in [6, 6.07) is 3.52. The van der Waals surface area contributed by atoms with Gasteiger partial charge in [0.1, 0.15) is 5.76 Å². The number of allylic oxidation sites excluding steroid dienone is 2. The molecule has 22 heavy (non-hydrogen) atoms. The number of hydrogen-bond donors (Lipinski definition) is 0. The maximum Gasteiger partial charge on any atom is 0.250 e. The highest BCUT2D eigenvalue weighted by atomic mass is 16.5. The van der Waals surface area contributed by atoms with Crippen LogP contribution in [-0.4, -0.2) is 11.2 Å². The third-order valence-corrected chi connectivity index (χ3v) is 4.21. The largest absolute Gasteiger partial charge is 0.491 e. The van der Waals surface area contributed by atoms with Gasteiger partial charge in [-0.25, -0.2) is 0 Å². The summed E-state index contributed by atoms with van der Waals surface area (Å²) in [5.41, 5.74) is 3.27. The summed E-state index contributed by atoms with van der Waals surface area (Å²) < 4.78 is 7.87. The van der Waals surface area contributed by atoms with Gasteiger partial charge in [0.2, 0.25) is 0 Å². The van der Waals surface area contributed by atoms with Gasteiger partial charge in [0, 0.05) is 18.7 Å². The van der Waals surface area contributed by atoms with Gasteiger partial charge in [0.05, 0.1) is 12.3 Å². The minimum absolute atomic E-state index is 0.0107. The Balaban J connectivity index is 2.31. The Hall–Kier alpha value is -1.77. The van der Waals surface area contributed by atoms with Crippen LogP contribution in [0.5, 0.6) is 0 Å². The van der Waals surface area contributed by atoms with Crippen LogP contribution in [0.25, 0.3) is 11.8 Å². The topological polar surface area (TPSA) is 31.2 Å². The molecule has 0 fully saturated rings. The second kappa shape index (κ2) is 8.02. The van der Waals surface area contributed by atoms with Crippen molar-refractivity contribution < 1.29 is 4.74 Å². The van der Waals surface area contributed by atoms with Crippen molar-refractivity contribution in [2.75, 3.05) is 6.61 Å². The van der Waals surface area contributed by atoms with Crippen LogP contribution >= 0.6 is 0 Å². The summed E-state index contributed by atoms with van der Waals surface area (Å²) in [6.07, 6.45) is 10.8. The second-order valence-electron chi connectivity index (χ2n) is 5.84. The zero-order valence-corrected chi connectivity index (χ0v) is 14.0. The lowest BCUT2D eigenvalue weighted by atomic mass is 10.1. The van der Waals surface area contributed by atoms with Crippen molar-refractivity contribution in [3.05, 3.63) is 45.4 Å². The molecule has 0 atom stereocenters. The third-order valence-electron chi connectivity index (χ3n) is 4.21. The van der Waals surface area contributed by atoms with Crippen LogP contribution in [-0.2, 0) is 11.8 Å². The zero-order valence-electron chi connectivity index (χ0n) is 14.0. The number of unbranched alkanes of at least 4 members (excludes halogenated alkanes) is 3. The lowest BCUT2D eigenvalue weighted by Crippen LogP contribution is -2.21. The smallest absolute Gasteiger partial charge is 0.250 e. The van der Waals surface area contributed by atoms with Gasteiger partial charge in [-0.1, -0.05) is 45.3 Å². The molecular formula is C19H27NO2. The number of rotatable bonds is 7. The molecule has 0 saturated carbocycles. The first-order chi connectivity index (χ1) is 10.7. The normalized spacial score (nSPS) is 14.0. The Bertz CT molecular complexity index is 623. The second-order valence-corrected chi connectivity index (χ2v) is 5.84. The molecule has 0 aromatic carbocycles. The van der Waals surface area contributed by atoms with Gasteiger partial charge < -0.3 is 9.30 Å². The quantitative estimate of drug-likeness (QED) is 0.693.